The summed E-state index contributed by atoms with van der Waals surface area (Å²) in [7, 11) is -3.25. The Bertz CT molecular complexity index is 832. The summed E-state index contributed by atoms with van der Waals surface area (Å²) >= 11 is 6.09. The number of likely N-dealkylation sites (tertiary alicyclic amines) is 1. The summed E-state index contributed by atoms with van der Waals surface area (Å²) < 4.78 is 22.7. The molecule has 0 saturated carbocycles. The lowest BCUT2D eigenvalue weighted by Gasteiger charge is -2.17. The first-order valence-corrected chi connectivity index (χ1v) is 10.0. The van der Waals surface area contributed by atoms with Crippen molar-refractivity contribution in [2.45, 2.75) is 18.9 Å². The normalized spacial score (nSPS) is 21.3. The third-order valence-electron chi connectivity index (χ3n) is 4.10. The second-order valence-electron chi connectivity index (χ2n) is 6.06. The van der Waals surface area contributed by atoms with Crippen molar-refractivity contribution in [1.29, 1.82) is 0 Å². The van der Waals surface area contributed by atoms with Crippen LogP contribution in [0.15, 0.2) is 29.7 Å². The van der Waals surface area contributed by atoms with Gasteiger partial charge in [0.2, 0.25) is 0 Å². The molecular formula is C16H18ClN3O4S. The largest absolute Gasteiger partial charge is 0.339 e. The minimum Gasteiger partial charge on any atom is -0.339 e. The summed E-state index contributed by atoms with van der Waals surface area (Å²) in [5.74, 6) is -0.260. The lowest BCUT2D eigenvalue weighted by molar-refractivity contribution is 0.0793. The van der Waals surface area contributed by atoms with Gasteiger partial charge in [-0.25, -0.2) is 13.2 Å². The van der Waals surface area contributed by atoms with E-state index in [4.69, 9.17) is 11.6 Å². The van der Waals surface area contributed by atoms with Crippen molar-refractivity contribution < 1.29 is 18.0 Å². The van der Waals surface area contributed by atoms with Crippen molar-refractivity contribution in [3.63, 3.8) is 0 Å². The molecule has 134 valence electrons. The van der Waals surface area contributed by atoms with E-state index in [0.717, 1.165) is 31.3 Å². The van der Waals surface area contributed by atoms with Crippen LogP contribution < -0.4 is 10.6 Å². The lowest BCUT2D eigenvalue weighted by Crippen LogP contribution is -2.38. The first kappa shape index (κ1) is 17.8. The molecule has 7 nitrogen and oxygen atoms in total. The van der Waals surface area contributed by atoms with Gasteiger partial charge >= 0.3 is 6.03 Å². The summed E-state index contributed by atoms with van der Waals surface area (Å²) in [6.07, 6.45) is 3.40. The van der Waals surface area contributed by atoms with E-state index in [-0.39, 0.29) is 11.7 Å². The fourth-order valence-electron chi connectivity index (χ4n) is 2.85. The number of halogens is 1. The molecule has 1 aromatic rings. The molecule has 1 fully saturated rings. The van der Waals surface area contributed by atoms with E-state index in [1.807, 2.05) is 0 Å². The number of nitrogens with zero attached hydrogens (tertiary/aromatic N) is 1. The minimum atomic E-state index is -3.25. The van der Waals surface area contributed by atoms with Gasteiger partial charge in [0.15, 0.2) is 9.84 Å². The van der Waals surface area contributed by atoms with Crippen LogP contribution in [0, 0.1) is 0 Å². The van der Waals surface area contributed by atoms with Gasteiger partial charge in [-0.15, -0.1) is 0 Å². The molecule has 3 rings (SSSR count). The number of benzene rings is 1. The topological polar surface area (TPSA) is 95.6 Å². The smallest absolute Gasteiger partial charge is 0.319 e. The zero-order valence-corrected chi connectivity index (χ0v) is 14.9. The highest BCUT2D eigenvalue weighted by atomic mass is 35.5. The van der Waals surface area contributed by atoms with E-state index in [1.54, 1.807) is 17.0 Å². The molecule has 9 heteroatoms. The molecule has 1 saturated heterocycles. The fraction of sp³-hybridized carbons (Fsp3) is 0.375. The predicted molar refractivity (Wildman–Crippen MR) is 95.5 cm³/mol. The van der Waals surface area contributed by atoms with Crippen molar-refractivity contribution in [3.05, 3.63) is 40.3 Å². The zero-order chi connectivity index (χ0) is 18.0. The molecule has 0 radical (unpaired) electrons. The van der Waals surface area contributed by atoms with Crippen LogP contribution in [0.25, 0.3) is 0 Å². The Morgan fingerprint density at radius 1 is 1.20 bits per heavy atom. The van der Waals surface area contributed by atoms with Gasteiger partial charge < -0.3 is 15.5 Å². The van der Waals surface area contributed by atoms with Crippen LogP contribution in [-0.4, -0.2) is 50.1 Å². The maximum Gasteiger partial charge on any atom is 0.319 e. The van der Waals surface area contributed by atoms with Gasteiger partial charge in [0.05, 0.1) is 22.5 Å². The quantitative estimate of drug-likeness (QED) is 0.834. The third-order valence-corrected chi connectivity index (χ3v) is 5.83. The van der Waals surface area contributed by atoms with E-state index in [9.17, 15) is 18.0 Å². The monoisotopic (exact) mass is 383 g/mol. The van der Waals surface area contributed by atoms with Gasteiger partial charge in [-0.05, 0) is 37.1 Å². The number of urea groups is 1. The molecule has 2 aliphatic heterocycles. The Morgan fingerprint density at radius 2 is 1.92 bits per heavy atom. The van der Waals surface area contributed by atoms with Crippen molar-refractivity contribution in [2.24, 2.45) is 0 Å². The fourth-order valence-corrected chi connectivity index (χ4v) is 4.25. The van der Waals surface area contributed by atoms with E-state index >= 15 is 0 Å². The highest BCUT2D eigenvalue weighted by Gasteiger charge is 2.24. The minimum absolute atomic E-state index is 0.0950. The van der Waals surface area contributed by atoms with Crippen molar-refractivity contribution >= 4 is 39.1 Å². The van der Waals surface area contributed by atoms with Gasteiger partial charge in [0.1, 0.15) is 0 Å². The maximum absolute atomic E-state index is 12.4. The molecule has 0 unspecified atom stereocenters. The number of hydrogen-bond acceptors (Lipinski definition) is 4. The molecule has 25 heavy (non-hydrogen) atoms. The molecule has 2 heterocycles. The summed E-state index contributed by atoms with van der Waals surface area (Å²) in [6, 6.07) is 3.54. The van der Waals surface area contributed by atoms with Gasteiger partial charge in [0, 0.05) is 24.1 Å². The molecule has 3 amide bonds. The number of carbonyl (C=O) groups excluding carboxylic acids is 2. The second kappa shape index (κ2) is 7.05. The Balaban J connectivity index is 1.67. The van der Waals surface area contributed by atoms with Crippen LogP contribution in [0.5, 0.6) is 0 Å². The highest BCUT2D eigenvalue weighted by molar-refractivity contribution is 7.94. The molecule has 1 aromatic carbocycles. The molecule has 0 aliphatic carbocycles. The Labute approximate surface area is 150 Å². The number of hydrogen-bond donors (Lipinski definition) is 2. The first-order valence-electron chi connectivity index (χ1n) is 7.91. The molecule has 0 spiro atoms. The molecule has 2 N–H and O–H groups in total. The zero-order valence-electron chi connectivity index (χ0n) is 13.4. The van der Waals surface area contributed by atoms with E-state index in [0.29, 0.717) is 16.3 Å². The van der Waals surface area contributed by atoms with Crippen LogP contribution in [0.2, 0.25) is 5.02 Å². The molecule has 0 bridgehead atoms. The van der Waals surface area contributed by atoms with Gasteiger partial charge in [-0.3, -0.25) is 4.79 Å². The number of rotatable bonds is 3. The standard InChI is InChI=1S/C16H18ClN3O4S/c17-13-4-3-11(15(21)20-6-1-2-7-20)9-14(13)19-16(22)18-12-5-8-25(23,24)10-12/h3-5,8-9,12H,1-2,6-7,10H2,(H2,18,19,22)/t12-/m0/s1. The molecule has 2 aliphatic rings. The average molecular weight is 384 g/mol. The number of sulfone groups is 1. The average Bonchev–Trinajstić information content (AvgIpc) is 3.18. The van der Waals surface area contributed by atoms with E-state index in [1.165, 1.54) is 12.1 Å². The van der Waals surface area contributed by atoms with Crippen molar-refractivity contribution in [3.8, 4) is 0 Å². The highest BCUT2D eigenvalue weighted by Crippen LogP contribution is 2.24. The second-order valence-corrected chi connectivity index (χ2v) is 8.40. The summed E-state index contributed by atoms with van der Waals surface area (Å²) in [6.45, 7) is 1.46. The molecule has 0 aromatic heterocycles. The van der Waals surface area contributed by atoms with Gasteiger partial charge in [0.25, 0.3) is 5.91 Å². The maximum atomic E-state index is 12.4. The van der Waals surface area contributed by atoms with Crippen molar-refractivity contribution in [1.82, 2.24) is 10.2 Å². The number of carbonyl (C=O) groups is 2. The Hall–Kier alpha value is -2.06. The SMILES string of the molecule is O=C(Nc1cc(C(=O)N2CCCC2)ccc1Cl)N[C@H]1C=CS(=O)(=O)C1. The van der Waals surface area contributed by atoms with Gasteiger partial charge in [-0.2, -0.15) is 0 Å². The lowest BCUT2D eigenvalue weighted by atomic mass is 10.1. The van der Waals surface area contributed by atoms with Crippen LogP contribution >= 0.6 is 11.6 Å². The molecule has 1 atom stereocenters. The molecular weight excluding hydrogens is 366 g/mol. The first-order chi connectivity index (χ1) is 11.8. The summed E-state index contributed by atoms with van der Waals surface area (Å²) in [4.78, 5) is 26.3. The van der Waals surface area contributed by atoms with Crippen LogP contribution in [0.4, 0.5) is 10.5 Å². The predicted octanol–water partition coefficient (Wildman–Crippen LogP) is 2.01. The Morgan fingerprint density at radius 3 is 2.56 bits per heavy atom. The van der Waals surface area contributed by atoms with Crippen LogP contribution in [-0.2, 0) is 9.84 Å². The number of anilines is 1. The third kappa shape index (κ3) is 4.32. The summed E-state index contributed by atoms with van der Waals surface area (Å²) in [5, 5.41) is 6.49. The summed E-state index contributed by atoms with van der Waals surface area (Å²) in [5.41, 5.74) is 0.749. The number of nitrogens with one attached hydrogen (secondary N) is 2. The van der Waals surface area contributed by atoms with E-state index < -0.39 is 21.9 Å². The van der Waals surface area contributed by atoms with Crippen LogP contribution in [0.1, 0.15) is 23.2 Å². The van der Waals surface area contributed by atoms with Crippen molar-refractivity contribution in [2.75, 3.05) is 24.2 Å². The number of amides is 3. The van der Waals surface area contributed by atoms with E-state index in [2.05, 4.69) is 10.6 Å². The van der Waals surface area contributed by atoms with Gasteiger partial charge in [-0.1, -0.05) is 11.6 Å². The Kier molecular flexibility index (Phi) is 5.01. The van der Waals surface area contributed by atoms with Crippen LogP contribution in [0.3, 0.4) is 0 Å².